The van der Waals surface area contributed by atoms with E-state index in [-0.39, 0.29) is 11.9 Å². The summed E-state index contributed by atoms with van der Waals surface area (Å²) < 4.78 is 0. The van der Waals surface area contributed by atoms with Crippen molar-refractivity contribution in [1.82, 2.24) is 5.32 Å². The number of anilines is 1. The highest BCUT2D eigenvalue weighted by molar-refractivity contribution is 5.96. The van der Waals surface area contributed by atoms with Gasteiger partial charge in [-0.3, -0.25) is 9.59 Å². The molecule has 3 amide bonds. The number of hydrogen-bond donors (Lipinski definition) is 4. The molecule has 2 rings (SSSR count). The lowest BCUT2D eigenvalue weighted by Gasteiger charge is -2.13. The molecule has 0 spiro atoms. The minimum atomic E-state index is -0.820. The fourth-order valence-corrected chi connectivity index (χ4v) is 2.49. The molecule has 1 aromatic carbocycles. The van der Waals surface area contributed by atoms with E-state index in [1.807, 2.05) is 0 Å². The third kappa shape index (κ3) is 3.95. The van der Waals surface area contributed by atoms with Crippen molar-refractivity contribution in [2.45, 2.75) is 25.3 Å². The monoisotopic (exact) mass is 291 g/mol. The molecule has 0 unspecified atom stereocenters. The van der Waals surface area contributed by atoms with E-state index >= 15 is 0 Å². The lowest BCUT2D eigenvalue weighted by Crippen LogP contribution is -2.33. The first-order valence-corrected chi connectivity index (χ1v) is 6.66. The molecule has 21 heavy (non-hydrogen) atoms. The smallest absolute Gasteiger partial charge is 0.316 e. The van der Waals surface area contributed by atoms with Crippen LogP contribution in [0.25, 0.3) is 0 Å². The number of nitrogens with one attached hydrogen (secondary N) is 2. The molecule has 1 aliphatic rings. The molecule has 7 heteroatoms. The standard InChI is InChI=1S/C14H17N3O4/c15-14(21)17-10-3-1-2-8(6-10)12(18)16-11-5-4-9(7-11)13(19)20/h1-3,6,9,11H,4-5,7H2,(H,16,18)(H,19,20)(H3,15,17,21)/t9-,11+/m1/s1. The van der Waals surface area contributed by atoms with Gasteiger partial charge >= 0.3 is 12.0 Å². The molecule has 0 bridgehead atoms. The number of carboxylic acid groups (broad SMARTS) is 1. The van der Waals surface area contributed by atoms with E-state index in [0.29, 0.717) is 30.5 Å². The molecule has 0 aromatic heterocycles. The van der Waals surface area contributed by atoms with Gasteiger partial charge in [-0.15, -0.1) is 0 Å². The summed E-state index contributed by atoms with van der Waals surface area (Å²) in [5.41, 5.74) is 5.84. The maximum atomic E-state index is 12.1. The fourth-order valence-electron chi connectivity index (χ4n) is 2.49. The van der Waals surface area contributed by atoms with Crippen molar-refractivity contribution >= 4 is 23.6 Å². The molecule has 2 atom stereocenters. The van der Waals surface area contributed by atoms with Crippen molar-refractivity contribution in [1.29, 1.82) is 0 Å². The molecule has 0 heterocycles. The first-order valence-electron chi connectivity index (χ1n) is 6.66. The number of carbonyl (C=O) groups excluding carboxylic acids is 2. The molecule has 0 saturated heterocycles. The minimum absolute atomic E-state index is 0.133. The summed E-state index contributed by atoms with van der Waals surface area (Å²) in [7, 11) is 0. The van der Waals surface area contributed by atoms with Crippen LogP contribution in [0.15, 0.2) is 24.3 Å². The van der Waals surface area contributed by atoms with Crippen LogP contribution in [0.5, 0.6) is 0 Å². The van der Waals surface area contributed by atoms with E-state index in [4.69, 9.17) is 10.8 Å². The van der Waals surface area contributed by atoms with Gasteiger partial charge in [0.2, 0.25) is 0 Å². The molecule has 0 aliphatic heterocycles. The van der Waals surface area contributed by atoms with Crippen LogP contribution in [0.2, 0.25) is 0 Å². The molecule has 1 aromatic rings. The van der Waals surface area contributed by atoms with Crippen molar-refractivity contribution in [2.24, 2.45) is 11.7 Å². The number of nitrogens with two attached hydrogens (primary N) is 1. The minimum Gasteiger partial charge on any atom is -0.481 e. The van der Waals surface area contributed by atoms with Crippen LogP contribution in [0.3, 0.4) is 0 Å². The average molecular weight is 291 g/mol. The van der Waals surface area contributed by atoms with Gasteiger partial charge in [-0.05, 0) is 37.5 Å². The number of primary amides is 1. The lowest BCUT2D eigenvalue weighted by molar-refractivity contribution is -0.141. The van der Waals surface area contributed by atoms with Crippen molar-refractivity contribution in [3.63, 3.8) is 0 Å². The van der Waals surface area contributed by atoms with Gasteiger partial charge in [-0.2, -0.15) is 0 Å². The number of carbonyl (C=O) groups is 3. The Morgan fingerprint density at radius 2 is 2.00 bits per heavy atom. The Bertz CT molecular complexity index is 573. The van der Waals surface area contributed by atoms with Crippen molar-refractivity contribution in [3.8, 4) is 0 Å². The number of carboxylic acids is 1. The van der Waals surface area contributed by atoms with Gasteiger partial charge in [0.05, 0.1) is 5.92 Å². The molecule has 1 saturated carbocycles. The summed E-state index contributed by atoms with van der Waals surface area (Å²) in [6, 6.07) is 5.56. The van der Waals surface area contributed by atoms with E-state index < -0.39 is 17.9 Å². The Labute approximate surface area is 121 Å². The van der Waals surface area contributed by atoms with E-state index in [1.54, 1.807) is 18.2 Å². The van der Waals surface area contributed by atoms with Gasteiger partial charge in [-0.1, -0.05) is 6.07 Å². The molecule has 1 aliphatic carbocycles. The first kappa shape index (κ1) is 14.8. The molecule has 112 valence electrons. The Morgan fingerprint density at radius 3 is 2.62 bits per heavy atom. The highest BCUT2D eigenvalue weighted by Crippen LogP contribution is 2.26. The van der Waals surface area contributed by atoms with Crippen LogP contribution in [0.1, 0.15) is 29.6 Å². The van der Waals surface area contributed by atoms with Gasteiger partial charge in [0.25, 0.3) is 5.91 Å². The van der Waals surface area contributed by atoms with Crippen molar-refractivity contribution in [3.05, 3.63) is 29.8 Å². The second-order valence-corrected chi connectivity index (χ2v) is 5.09. The Kier molecular flexibility index (Phi) is 4.42. The maximum absolute atomic E-state index is 12.1. The summed E-state index contributed by atoms with van der Waals surface area (Å²) in [5.74, 6) is -1.50. The quantitative estimate of drug-likeness (QED) is 0.665. The van der Waals surface area contributed by atoms with Gasteiger partial charge in [-0.25, -0.2) is 4.79 Å². The molecular weight excluding hydrogens is 274 g/mol. The molecule has 7 nitrogen and oxygen atoms in total. The normalized spacial score (nSPS) is 20.8. The number of aliphatic carboxylic acids is 1. The molecule has 5 N–H and O–H groups in total. The summed E-state index contributed by atoms with van der Waals surface area (Å²) in [4.78, 5) is 33.8. The summed E-state index contributed by atoms with van der Waals surface area (Å²) >= 11 is 0. The predicted molar refractivity (Wildman–Crippen MR) is 75.9 cm³/mol. The van der Waals surface area contributed by atoms with Crippen LogP contribution in [-0.2, 0) is 4.79 Å². The maximum Gasteiger partial charge on any atom is 0.316 e. The number of hydrogen-bond acceptors (Lipinski definition) is 3. The zero-order chi connectivity index (χ0) is 15.4. The van der Waals surface area contributed by atoms with E-state index in [9.17, 15) is 14.4 Å². The van der Waals surface area contributed by atoms with Crippen LogP contribution < -0.4 is 16.4 Å². The topological polar surface area (TPSA) is 122 Å². The van der Waals surface area contributed by atoms with E-state index in [2.05, 4.69) is 10.6 Å². The third-order valence-electron chi connectivity index (χ3n) is 3.51. The zero-order valence-electron chi connectivity index (χ0n) is 11.3. The second kappa shape index (κ2) is 6.25. The van der Waals surface area contributed by atoms with Crippen LogP contribution >= 0.6 is 0 Å². The predicted octanol–water partition coefficient (Wildman–Crippen LogP) is 1.16. The number of amides is 3. The number of rotatable bonds is 4. The van der Waals surface area contributed by atoms with Gasteiger partial charge in [0.15, 0.2) is 0 Å². The average Bonchev–Trinajstić information content (AvgIpc) is 2.87. The summed E-state index contributed by atoms with van der Waals surface area (Å²) in [6.45, 7) is 0. The SMILES string of the molecule is NC(=O)Nc1cccc(C(=O)N[C@H]2CC[C@@H](C(=O)O)C2)c1. The Balaban J connectivity index is 1.97. The summed E-state index contributed by atoms with van der Waals surface area (Å²) in [6.07, 6.45) is 1.67. The van der Waals surface area contributed by atoms with Crippen LogP contribution in [0, 0.1) is 5.92 Å². The fraction of sp³-hybridized carbons (Fsp3) is 0.357. The van der Waals surface area contributed by atoms with Crippen LogP contribution in [-0.4, -0.2) is 29.1 Å². The summed E-state index contributed by atoms with van der Waals surface area (Å²) in [5, 5.41) is 14.1. The van der Waals surface area contributed by atoms with Gasteiger partial charge in [0.1, 0.15) is 0 Å². The lowest BCUT2D eigenvalue weighted by atomic mass is 10.1. The van der Waals surface area contributed by atoms with Gasteiger partial charge in [0, 0.05) is 17.3 Å². The Hall–Kier alpha value is -2.57. The number of benzene rings is 1. The van der Waals surface area contributed by atoms with E-state index in [0.717, 1.165) is 0 Å². The van der Waals surface area contributed by atoms with Crippen molar-refractivity contribution < 1.29 is 19.5 Å². The third-order valence-corrected chi connectivity index (χ3v) is 3.51. The van der Waals surface area contributed by atoms with Crippen LogP contribution in [0.4, 0.5) is 10.5 Å². The molecular formula is C14H17N3O4. The first-order chi connectivity index (χ1) is 9.95. The highest BCUT2D eigenvalue weighted by atomic mass is 16.4. The van der Waals surface area contributed by atoms with Crippen molar-refractivity contribution in [2.75, 3.05) is 5.32 Å². The molecule has 0 radical (unpaired) electrons. The highest BCUT2D eigenvalue weighted by Gasteiger charge is 2.30. The second-order valence-electron chi connectivity index (χ2n) is 5.09. The number of urea groups is 1. The van der Waals surface area contributed by atoms with Gasteiger partial charge < -0.3 is 21.5 Å². The van der Waals surface area contributed by atoms with E-state index in [1.165, 1.54) is 6.07 Å². The molecule has 1 fully saturated rings. The zero-order valence-corrected chi connectivity index (χ0v) is 11.3. The largest absolute Gasteiger partial charge is 0.481 e. The Morgan fingerprint density at radius 1 is 1.24 bits per heavy atom.